The lowest BCUT2D eigenvalue weighted by molar-refractivity contribution is 0.0696. The number of hydrogen-bond acceptors (Lipinski definition) is 5. The minimum atomic E-state index is -1.01. The minimum Gasteiger partial charge on any atom is -0.478 e. The molecule has 0 aromatic carbocycles. The minimum absolute atomic E-state index is 0.136. The predicted molar refractivity (Wildman–Crippen MR) is 77.6 cm³/mol. The molecule has 2 rings (SSSR count). The van der Waals surface area contributed by atoms with Crippen LogP contribution >= 0.6 is 11.8 Å². The molecular weight excluding hydrogens is 290 g/mol. The normalized spacial score (nSPS) is 10.1. The Bertz CT molecular complexity index is 659. The number of pyridine rings is 2. The van der Waals surface area contributed by atoms with Crippen LogP contribution in [0.5, 0.6) is 0 Å². The van der Waals surface area contributed by atoms with Crippen LogP contribution in [0.2, 0.25) is 0 Å². The molecular formula is C14H13N3O3S. The van der Waals surface area contributed by atoms with E-state index in [1.165, 1.54) is 24.0 Å². The molecule has 0 aliphatic rings. The fourth-order valence-corrected chi connectivity index (χ4v) is 2.32. The third-order valence-corrected chi connectivity index (χ3v) is 3.45. The Balaban J connectivity index is 2.14. The number of rotatable bonds is 5. The van der Waals surface area contributed by atoms with E-state index in [2.05, 4.69) is 15.3 Å². The number of nitrogens with one attached hydrogen (secondary N) is 1. The predicted octanol–water partition coefficient (Wildman–Crippen LogP) is 2.08. The van der Waals surface area contributed by atoms with Gasteiger partial charge in [0.05, 0.1) is 5.56 Å². The Morgan fingerprint density at radius 3 is 2.71 bits per heavy atom. The van der Waals surface area contributed by atoms with E-state index in [9.17, 15) is 9.59 Å². The van der Waals surface area contributed by atoms with Gasteiger partial charge in [0.1, 0.15) is 10.7 Å². The van der Waals surface area contributed by atoms with Gasteiger partial charge in [0.15, 0.2) is 0 Å². The van der Waals surface area contributed by atoms with Gasteiger partial charge in [0, 0.05) is 23.8 Å². The van der Waals surface area contributed by atoms with Gasteiger partial charge in [-0.2, -0.15) is 0 Å². The highest BCUT2D eigenvalue weighted by Gasteiger charge is 2.08. The molecule has 0 spiro atoms. The van der Waals surface area contributed by atoms with Crippen molar-refractivity contribution < 1.29 is 14.7 Å². The zero-order valence-corrected chi connectivity index (χ0v) is 12.1. The van der Waals surface area contributed by atoms with Crippen LogP contribution in [-0.4, -0.2) is 33.5 Å². The lowest BCUT2D eigenvalue weighted by Crippen LogP contribution is -2.23. The van der Waals surface area contributed by atoms with Gasteiger partial charge in [-0.05, 0) is 31.2 Å². The second-order valence-corrected chi connectivity index (χ2v) is 5.12. The van der Waals surface area contributed by atoms with Crippen molar-refractivity contribution in [1.82, 2.24) is 15.3 Å². The molecule has 2 aromatic rings. The molecule has 0 unspecified atom stereocenters. The average molecular weight is 303 g/mol. The molecule has 0 saturated carbocycles. The van der Waals surface area contributed by atoms with Gasteiger partial charge in [0.25, 0.3) is 5.91 Å². The van der Waals surface area contributed by atoms with E-state index in [1.807, 2.05) is 6.92 Å². The van der Waals surface area contributed by atoms with Gasteiger partial charge in [-0.1, -0.05) is 11.8 Å². The number of amides is 1. The van der Waals surface area contributed by atoms with Gasteiger partial charge >= 0.3 is 5.97 Å². The summed E-state index contributed by atoms with van der Waals surface area (Å²) < 4.78 is 0. The van der Waals surface area contributed by atoms with Gasteiger partial charge in [-0.25, -0.2) is 9.78 Å². The van der Waals surface area contributed by atoms with Crippen LogP contribution in [0.3, 0.4) is 0 Å². The molecule has 1 amide bonds. The number of aromatic nitrogens is 2. The summed E-state index contributed by atoms with van der Waals surface area (Å²) >= 11 is 1.33. The molecule has 0 atom stereocenters. The first-order chi connectivity index (χ1) is 10.1. The maximum atomic E-state index is 11.7. The van der Waals surface area contributed by atoms with Gasteiger partial charge in [-0.15, -0.1) is 0 Å². The first-order valence-corrected chi connectivity index (χ1v) is 7.03. The Kier molecular flexibility index (Phi) is 4.89. The van der Waals surface area contributed by atoms with E-state index in [0.717, 1.165) is 4.90 Å². The zero-order chi connectivity index (χ0) is 15.2. The summed E-state index contributed by atoms with van der Waals surface area (Å²) in [6.45, 7) is 2.38. The SMILES string of the molecule is CCNC(=O)c1cc(Sc2ccc(C(=O)O)cn2)ccn1. The number of nitrogens with zero attached hydrogens (tertiary/aromatic N) is 2. The third kappa shape index (κ3) is 4.03. The smallest absolute Gasteiger partial charge is 0.337 e. The molecule has 0 fully saturated rings. The van der Waals surface area contributed by atoms with Gasteiger partial charge < -0.3 is 10.4 Å². The summed E-state index contributed by atoms with van der Waals surface area (Å²) in [5, 5.41) is 12.1. The maximum Gasteiger partial charge on any atom is 0.337 e. The van der Waals surface area contributed by atoms with E-state index in [1.54, 1.807) is 24.4 Å². The second-order valence-electron chi connectivity index (χ2n) is 4.03. The van der Waals surface area contributed by atoms with Crippen LogP contribution in [0.25, 0.3) is 0 Å². The van der Waals surface area contributed by atoms with Crippen molar-refractivity contribution in [3.05, 3.63) is 47.9 Å². The average Bonchev–Trinajstić information content (AvgIpc) is 2.48. The molecule has 7 heteroatoms. The molecule has 0 radical (unpaired) electrons. The molecule has 2 aromatic heterocycles. The summed E-state index contributed by atoms with van der Waals surface area (Å²) in [4.78, 5) is 31.3. The van der Waals surface area contributed by atoms with Crippen LogP contribution in [0.15, 0.2) is 46.6 Å². The lowest BCUT2D eigenvalue weighted by Gasteiger charge is -2.04. The van der Waals surface area contributed by atoms with E-state index < -0.39 is 5.97 Å². The highest BCUT2D eigenvalue weighted by Crippen LogP contribution is 2.25. The molecule has 2 heterocycles. The topological polar surface area (TPSA) is 92.2 Å². The first kappa shape index (κ1) is 15.0. The summed E-state index contributed by atoms with van der Waals surface area (Å²) in [7, 11) is 0. The van der Waals surface area contributed by atoms with E-state index in [-0.39, 0.29) is 11.5 Å². The first-order valence-electron chi connectivity index (χ1n) is 6.21. The number of carbonyl (C=O) groups is 2. The summed E-state index contributed by atoms with van der Waals surface area (Å²) in [6.07, 6.45) is 2.86. The van der Waals surface area contributed by atoms with Crippen molar-refractivity contribution in [2.45, 2.75) is 16.8 Å². The summed E-state index contributed by atoms with van der Waals surface area (Å²) in [5.74, 6) is -1.24. The monoisotopic (exact) mass is 303 g/mol. The van der Waals surface area contributed by atoms with Crippen molar-refractivity contribution in [3.63, 3.8) is 0 Å². The Labute approximate surface area is 125 Å². The summed E-state index contributed by atoms with van der Waals surface area (Å²) in [6, 6.07) is 6.55. The van der Waals surface area contributed by atoms with Crippen LogP contribution in [0.1, 0.15) is 27.8 Å². The van der Waals surface area contributed by atoms with E-state index in [0.29, 0.717) is 17.3 Å². The highest BCUT2D eigenvalue weighted by atomic mass is 32.2. The standard InChI is InChI=1S/C14H13N3O3S/c1-2-15-13(18)11-7-10(5-6-16-11)21-12-4-3-9(8-17-12)14(19)20/h3-8H,2H2,1H3,(H,15,18)(H,19,20). The third-order valence-electron chi connectivity index (χ3n) is 2.51. The van der Waals surface area contributed by atoms with Crippen molar-refractivity contribution in [3.8, 4) is 0 Å². The molecule has 0 aliphatic heterocycles. The van der Waals surface area contributed by atoms with Crippen LogP contribution in [0, 0.1) is 0 Å². The number of carboxylic acid groups (broad SMARTS) is 1. The van der Waals surface area contributed by atoms with Crippen molar-refractivity contribution >= 4 is 23.6 Å². The molecule has 21 heavy (non-hydrogen) atoms. The largest absolute Gasteiger partial charge is 0.478 e. The second kappa shape index (κ2) is 6.85. The Morgan fingerprint density at radius 1 is 1.29 bits per heavy atom. The Hall–Kier alpha value is -2.41. The van der Waals surface area contributed by atoms with Crippen molar-refractivity contribution in [2.24, 2.45) is 0 Å². The van der Waals surface area contributed by atoms with Crippen molar-refractivity contribution in [1.29, 1.82) is 0 Å². The molecule has 0 aliphatic carbocycles. The lowest BCUT2D eigenvalue weighted by atomic mass is 10.3. The molecule has 0 saturated heterocycles. The van der Waals surface area contributed by atoms with Crippen LogP contribution in [-0.2, 0) is 0 Å². The molecule has 108 valence electrons. The number of aromatic carboxylic acids is 1. The molecule has 0 bridgehead atoms. The van der Waals surface area contributed by atoms with E-state index in [4.69, 9.17) is 5.11 Å². The number of carbonyl (C=O) groups excluding carboxylic acids is 1. The molecule has 6 nitrogen and oxygen atoms in total. The molecule has 2 N–H and O–H groups in total. The van der Waals surface area contributed by atoms with Crippen molar-refractivity contribution in [2.75, 3.05) is 6.54 Å². The van der Waals surface area contributed by atoms with Gasteiger partial charge in [-0.3, -0.25) is 9.78 Å². The fraction of sp³-hybridized carbons (Fsp3) is 0.143. The Morgan fingerprint density at radius 2 is 2.10 bits per heavy atom. The number of carboxylic acids is 1. The van der Waals surface area contributed by atoms with Gasteiger partial charge in [0.2, 0.25) is 0 Å². The summed E-state index contributed by atoms with van der Waals surface area (Å²) in [5.41, 5.74) is 0.473. The van der Waals surface area contributed by atoms with Crippen LogP contribution in [0.4, 0.5) is 0 Å². The van der Waals surface area contributed by atoms with Crippen LogP contribution < -0.4 is 5.32 Å². The maximum absolute atomic E-state index is 11.7. The quantitative estimate of drug-likeness (QED) is 0.878. The zero-order valence-electron chi connectivity index (χ0n) is 11.2. The highest BCUT2D eigenvalue weighted by molar-refractivity contribution is 7.99. The number of hydrogen-bond donors (Lipinski definition) is 2. The van der Waals surface area contributed by atoms with E-state index >= 15 is 0 Å². The fourth-order valence-electron chi connectivity index (χ4n) is 1.54.